The molecule has 0 radical (unpaired) electrons. The van der Waals surface area contributed by atoms with Crippen LogP contribution in [0.15, 0.2) is 54.6 Å². The molecule has 6 heteroatoms. The highest BCUT2D eigenvalue weighted by molar-refractivity contribution is 6.30. The maximum Gasteiger partial charge on any atom is 0.263 e. The molecule has 0 saturated carbocycles. The zero-order valence-corrected chi connectivity index (χ0v) is 14.7. The monoisotopic (exact) mass is 355 g/mol. The van der Waals surface area contributed by atoms with E-state index in [1.165, 1.54) is 0 Å². The van der Waals surface area contributed by atoms with E-state index in [1.807, 2.05) is 50.2 Å². The van der Waals surface area contributed by atoms with Crippen LogP contribution in [0.1, 0.15) is 11.3 Å². The second-order valence-corrected chi connectivity index (χ2v) is 6.10. The molecule has 0 atom stereocenters. The number of anilines is 1. The molecule has 3 aromatic rings. The summed E-state index contributed by atoms with van der Waals surface area (Å²) in [6.07, 6.45) is 0. The summed E-state index contributed by atoms with van der Waals surface area (Å²) in [5.74, 6) is 1.00. The Labute approximate surface area is 151 Å². The van der Waals surface area contributed by atoms with Crippen LogP contribution in [-0.2, 0) is 4.79 Å². The van der Waals surface area contributed by atoms with Gasteiger partial charge in [0.05, 0.1) is 11.4 Å². The molecule has 2 aromatic carbocycles. The number of carbonyl (C=O) groups is 1. The average molecular weight is 356 g/mol. The Kier molecular flexibility index (Phi) is 5.05. The van der Waals surface area contributed by atoms with Crippen molar-refractivity contribution in [3.63, 3.8) is 0 Å². The fraction of sp³-hybridized carbons (Fsp3) is 0.158. The van der Waals surface area contributed by atoms with E-state index in [9.17, 15) is 4.79 Å². The number of hydrogen-bond acceptors (Lipinski definition) is 3. The molecular weight excluding hydrogens is 338 g/mol. The molecule has 0 unspecified atom stereocenters. The number of hydrogen-bond donors (Lipinski definition) is 1. The third kappa shape index (κ3) is 4.19. The first-order valence-corrected chi connectivity index (χ1v) is 8.21. The van der Waals surface area contributed by atoms with Crippen molar-refractivity contribution in [2.45, 2.75) is 13.8 Å². The fourth-order valence-electron chi connectivity index (χ4n) is 2.43. The Morgan fingerprint density at radius 3 is 2.72 bits per heavy atom. The molecule has 5 nitrogen and oxygen atoms in total. The molecule has 0 aliphatic rings. The summed E-state index contributed by atoms with van der Waals surface area (Å²) in [5, 5.41) is 7.85. The van der Waals surface area contributed by atoms with Crippen LogP contribution in [0.25, 0.3) is 5.69 Å². The van der Waals surface area contributed by atoms with E-state index in [0.29, 0.717) is 16.6 Å². The van der Waals surface area contributed by atoms with Gasteiger partial charge >= 0.3 is 0 Å². The van der Waals surface area contributed by atoms with Crippen molar-refractivity contribution < 1.29 is 9.53 Å². The number of rotatable bonds is 5. The molecule has 1 amide bonds. The number of nitrogens with zero attached hydrogens (tertiary/aromatic N) is 2. The molecule has 1 heterocycles. The van der Waals surface area contributed by atoms with Crippen molar-refractivity contribution >= 4 is 23.3 Å². The lowest BCUT2D eigenvalue weighted by Gasteiger charge is -2.11. The molecule has 25 heavy (non-hydrogen) atoms. The summed E-state index contributed by atoms with van der Waals surface area (Å²) in [6.45, 7) is 3.72. The van der Waals surface area contributed by atoms with Crippen LogP contribution in [-0.4, -0.2) is 22.3 Å². The Morgan fingerprint density at radius 1 is 1.16 bits per heavy atom. The minimum absolute atomic E-state index is 0.0787. The lowest BCUT2D eigenvalue weighted by atomic mass is 10.2. The first-order valence-electron chi connectivity index (χ1n) is 7.84. The van der Waals surface area contributed by atoms with Crippen molar-refractivity contribution in [1.82, 2.24) is 9.78 Å². The van der Waals surface area contributed by atoms with Gasteiger partial charge in [0.25, 0.3) is 5.91 Å². The van der Waals surface area contributed by atoms with Gasteiger partial charge in [-0.3, -0.25) is 4.79 Å². The molecule has 1 aromatic heterocycles. The third-order valence-corrected chi connectivity index (χ3v) is 3.84. The van der Waals surface area contributed by atoms with Crippen LogP contribution in [0.2, 0.25) is 5.02 Å². The first-order chi connectivity index (χ1) is 12.0. The average Bonchev–Trinajstić information content (AvgIpc) is 2.94. The highest BCUT2D eigenvalue weighted by atomic mass is 35.5. The van der Waals surface area contributed by atoms with E-state index in [0.717, 1.165) is 16.9 Å². The minimum atomic E-state index is -0.258. The van der Waals surface area contributed by atoms with Crippen molar-refractivity contribution in [3.8, 4) is 11.4 Å². The number of benzene rings is 2. The summed E-state index contributed by atoms with van der Waals surface area (Å²) < 4.78 is 7.23. The van der Waals surface area contributed by atoms with E-state index in [4.69, 9.17) is 16.3 Å². The van der Waals surface area contributed by atoms with Crippen LogP contribution in [0, 0.1) is 13.8 Å². The smallest absolute Gasteiger partial charge is 0.263 e. The van der Waals surface area contributed by atoms with Crippen molar-refractivity contribution in [1.29, 1.82) is 0 Å². The van der Waals surface area contributed by atoms with Gasteiger partial charge in [-0.05, 0) is 43.7 Å². The van der Waals surface area contributed by atoms with Gasteiger partial charge in [0.1, 0.15) is 11.6 Å². The largest absolute Gasteiger partial charge is 0.483 e. The number of aromatic nitrogens is 2. The number of ether oxygens (including phenoxy) is 1. The number of halogens is 1. The van der Waals surface area contributed by atoms with Crippen molar-refractivity contribution in [3.05, 3.63) is 70.9 Å². The number of carbonyl (C=O) groups excluding carboxylic acids is 1. The molecular formula is C19H18ClN3O2. The van der Waals surface area contributed by atoms with Gasteiger partial charge in [0.15, 0.2) is 6.61 Å². The molecule has 3 rings (SSSR count). The molecule has 0 aliphatic heterocycles. The van der Waals surface area contributed by atoms with E-state index in [1.54, 1.807) is 22.9 Å². The van der Waals surface area contributed by atoms with Crippen LogP contribution in [0.3, 0.4) is 0 Å². The van der Waals surface area contributed by atoms with Crippen LogP contribution < -0.4 is 10.1 Å². The van der Waals surface area contributed by atoms with Gasteiger partial charge in [-0.15, -0.1) is 0 Å². The Bertz CT molecular complexity index is 905. The molecule has 0 saturated heterocycles. The lowest BCUT2D eigenvalue weighted by Crippen LogP contribution is -2.22. The van der Waals surface area contributed by atoms with E-state index in [-0.39, 0.29) is 12.5 Å². The Morgan fingerprint density at radius 2 is 1.96 bits per heavy atom. The van der Waals surface area contributed by atoms with Gasteiger partial charge in [-0.1, -0.05) is 35.9 Å². The lowest BCUT2D eigenvalue weighted by molar-refractivity contribution is -0.118. The summed E-state index contributed by atoms with van der Waals surface area (Å²) in [7, 11) is 0. The fourth-order valence-corrected chi connectivity index (χ4v) is 2.62. The summed E-state index contributed by atoms with van der Waals surface area (Å²) in [4.78, 5) is 12.3. The molecule has 0 spiro atoms. The van der Waals surface area contributed by atoms with E-state index < -0.39 is 0 Å². The van der Waals surface area contributed by atoms with Gasteiger partial charge in [-0.25, -0.2) is 4.68 Å². The zero-order chi connectivity index (χ0) is 17.8. The molecule has 0 aliphatic carbocycles. The van der Waals surface area contributed by atoms with Crippen LogP contribution in [0.4, 0.5) is 5.82 Å². The predicted octanol–water partition coefficient (Wildman–Crippen LogP) is 4.16. The molecule has 128 valence electrons. The second kappa shape index (κ2) is 7.40. The molecule has 0 bridgehead atoms. The predicted molar refractivity (Wildman–Crippen MR) is 98.6 cm³/mol. The third-order valence-electron chi connectivity index (χ3n) is 3.60. The van der Waals surface area contributed by atoms with Crippen LogP contribution >= 0.6 is 11.6 Å². The molecule has 1 N–H and O–H groups in total. The van der Waals surface area contributed by atoms with E-state index in [2.05, 4.69) is 10.4 Å². The Hall–Kier alpha value is -2.79. The highest BCUT2D eigenvalue weighted by Gasteiger charge is 2.12. The standard InChI is InChI=1S/C19H18ClN3O2/c1-13-6-3-4-9-17(13)25-12-19(24)21-18-10-14(2)22-23(18)16-8-5-7-15(20)11-16/h3-11H,12H2,1-2H3,(H,21,24). The number of amides is 1. The normalized spacial score (nSPS) is 10.5. The second-order valence-electron chi connectivity index (χ2n) is 5.66. The quantitative estimate of drug-likeness (QED) is 0.747. The SMILES string of the molecule is Cc1cc(NC(=O)COc2ccccc2C)n(-c2cccc(Cl)c2)n1. The van der Waals surface area contributed by atoms with Crippen molar-refractivity contribution in [2.24, 2.45) is 0 Å². The van der Waals surface area contributed by atoms with Gasteiger partial charge in [0.2, 0.25) is 0 Å². The summed E-state index contributed by atoms with van der Waals surface area (Å²) >= 11 is 6.04. The number of para-hydroxylation sites is 1. The van der Waals surface area contributed by atoms with Gasteiger partial charge < -0.3 is 10.1 Å². The maximum absolute atomic E-state index is 12.3. The summed E-state index contributed by atoms with van der Waals surface area (Å²) in [5.41, 5.74) is 2.54. The van der Waals surface area contributed by atoms with Gasteiger partial charge in [0, 0.05) is 11.1 Å². The van der Waals surface area contributed by atoms with Crippen LogP contribution in [0.5, 0.6) is 5.75 Å². The topological polar surface area (TPSA) is 56.1 Å². The van der Waals surface area contributed by atoms with Gasteiger partial charge in [-0.2, -0.15) is 5.10 Å². The van der Waals surface area contributed by atoms with E-state index >= 15 is 0 Å². The first kappa shape index (κ1) is 17.0. The maximum atomic E-state index is 12.3. The number of aryl methyl sites for hydroxylation is 2. The number of nitrogens with one attached hydrogen (secondary N) is 1. The minimum Gasteiger partial charge on any atom is -0.483 e. The Balaban J connectivity index is 1.73. The van der Waals surface area contributed by atoms with Crippen molar-refractivity contribution in [2.75, 3.05) is 11.9 Å². The molecule has 0 fully saturated rings. The zero-order valence-electron chi connectivity index (χ0n) is 14.0. The summed E-state index contributed by atoms with van der Waals surface area (Å²) in [6, 6.07) is 16.6. The highest BCUT2D eigenvalue weighted by Crippen LogP contribution is 2.20.